The van der Waals surface area contributed by atoms with Gasteiger partial charge in [-0.25, -0.2) is 0 Å². The highest BCUT2D eigenvalue weighted by atomic mass is 16.5. The molecular weight excluding hydrogens is 94.0 g/mol. The van der Waals surface area contributed by atoms with Crippen molar-refractivity contribution in [3.63, 3.8) is 0 Å². The summed E-state index contributed by atoms with van der Waals surface area (Å²) in [5.41, 5.74) is 5.03. The molecule has 0 spiro atoms. The molecule has 0 unspecified atom stereocenters. The van der Waals surface area contributed by atoms with Gasteiger partial charge in [0.15, 0.2) is 0 Å². The molecule has 0 aliphatic rings. The number of hydrogen-bond acceptors (Lipinski definition) is 3. The Bertz CT molecular complexity index is 47.0. The van der Waals surface area contributed by atoms with Crippen LogP contribution in [-0.4, -0.2) is 26.0 Å². The van der Waals surface area contributed by atoms with Gasteiger partial charge in [0.25, 0.3) is 0 Å². The van der Waals surface area contributed by atoms with Gasteiger partial charge in [0.05, 0.1) is 6.61 Å². The van der Waals surface area contributed by atoms with Crippen molar-refractivity contribution in [3.8, 4) is 0 Å². The maximum absolute atomic E-state index is 9.51. The Labute approximate surface area is 42.4 Å². The zero-order chi connectivity index (χ0) is 5.54. The molecule has 0 aromatic carbocycles. The summed E-state index contributed by atoms with van der Waals surface area (Å²) in [4.78, 5) is 9.51. The minimum Gasteiger partial charge on any atom is -0.373 e. The van der Waals surface area contributed by atoms with Crippen molar-refractivity contribution in [1.82, 2.24) is 0 Å². The maximum atomic E-state index is 9.51. The first kappa shape index (κ1) is 6.59. The fourth-order valence-electron chi connectivity index (χ4n) is 0.215. The summed E-state index contributed by atoms with van der Waals surface area (Å²) in [7, 11) is 0. The molecule has 3 heteroatoms. The minimum absolute atomic E-state index is 0.164. The first-order valence-electron chi connectivity index (χ1n) is 2.13. The molecular formula is C4H9NO2. The van der Waals surface area contributed by atoms with Crippen LogP contribution in [0.3, 0.4) is 0 Å². The molecule has 7 heavy (non-hydrogen) atoms. The number of carbonyl (C=O) groups excluding carboxylic acids is 1. The molecule has 0 rings (SSSR count). The van der Waals surface area contributed by atoms with Crippen molar-refractivity contribution in [1.29, 1.82) is 0 Å². The highest BCUT2D eigenvalue weighted by Crippen LogP contribution is 1.63. The monoisotopic (exact) mass is 103 g/mol. The second kappa shape index (κ2) is 5.59. The molecule has 0 amide bonds. The summed E-state index contributed by atoms with van der Waals surface area (Å²) in [6, 6.07) is 0. The Hall–Kier alpha value is -0.410. The molecule has 0 radical (unpaired) electrons. The van der Waals surface area contributed by atoms with Crippen molar-refractivity contribution in [2.24, 2.45) is 5.73 Å². The van der Waals surface area contributed by atoms with E-state index < -0.39 is 0 Å². The van der Waals surface area contributed by atoms with Crippen LogP contribution in [0.2, 0.25) is 0 Å². The van der Waals surface area contributed by atoms with E-state index in [0.29, 0.717) is 19.4 Å². The van der Waals surface area contributed by atoms with E-state index in [-0.39, 0.29) is 6.61 Å². The molecule has 0 aromatic rings. The number of carbonyl (C=O) groups is 1. The Morgan fingerprint density at radius 3 is 2.86 bits per heavy atom. The number of hydrogen-bond donors (Lipinski definition) is 1. The summed E-state index contributed by atoms with van der Waals surface area (Å²) in [5.74, 6) is 0. The molecule has 0 heterocycles. The predicted octanol–water partition coefficient (Wildman–Crippen LogP) is -0.839. The summed E-state index contributed by atoms with van der Waals surface area (Å²) < 4.78 is 4.64. The van der Waals surface area contributed by atoms with Crippen LogP contribution in [0.15, 0.2) is 0 Å². The first-order valence-corrected chi connectivity index (χ1v) is 2.13. The molecule has 0 aliphatic carbocycles. The van der Waals surface area contributed by atoms with Gasteiger partial charge in [-0.05, 0) is 0 Å². The van der Waals surface area contributed by atoms with Crippen LogP contribution >= 0.6 is 0 Å². The van der Waals surface area contributed by atoms with Crippen LogP contribution in [-0.2, 0) is 9.53 Å². The lowest BCUT2D eigenvalue weighted by Crippen LogP contribution is -2.09. The van der Waals surface area contributed by atoms with Crippen LogP contribution in [0.25, 0.3) is 0 Å². The standard InChI is InChI=1S/C4H9NO2/c5-1-3-7-4-2-6/h2H,1,3-5H2. The lowest BCUT2D eigenvalue weighted by molar-refractivity contribution is -0.111. The third kappa shape index (κ3) is 5.59. The molecule has 0 fully saturated rings. The van der Waals surface area contributed by atoms with Crippen LogP contribution in [0, 0.1) is 0 Å². The van der Waals surface area contributed by atoms with Crippen molar-refractivity contribution in [2.75, 3.05) is 19.8 Å². The molecule has 2 N–H and O–H groups in total. The fraction of sp³-hybridized carbons (Fsp3) is 0.750. The number of rotatable bonds is 4. The van der Waals surface area contributed by atoms with Gasteiger partial charge in [-0.1, -0.05) is 0 Å². The summed E-state index contributed by atoms with van der Waals surface area (Å²) in [5, 5.41) is 0. The Morgan fingerprint density at radius 2 is 2.43 bits per heavy atom. The largest absolute Gasteiger partial charge is 0.373 e. The van der Waals surface area contributed by atoms with Gasteiger partial charge in [-0.15, -0.1) is 0 Å². The van der Waals surface area contributed by atoms with E-state index in [9.17, 15) is 4.79 Å². The normalized spacial score (nSPS) is 8.71. The van der Waals surface area contributed by atoms with Crippen molar-refractivity contribution in [2.45, 2.75) is 0 Å². The molecule has 0 bridgehead atoms. The van der Waals surface area contributed by atoms with Crippen molar-refractivity contribution < 1.29 is 9.53 Å². The van der Waals surface area contributed by atoms with Gasteiger partial charge >= 0.3 is 0 Å². The van der Waals surface area contributed by atoms with Crippen molar-refractivity contribution >= 4 is 6.29 Å². The molecule has 0 saturated heterocycles. The molecule has 0 atom stereocenters. The van der Waals surface area contributed by atoms with E-state index in [1.54, 1.807) is 0 Å². The van der Waals surface area contributed by atoms with Crippen LogP contribution in [0.5, 0.6) is 0 Å². The zero-order valence-corrected chi connectivity index (χ0v) is 4.09. The topological polar surface area (TPSA) is 52.3 Å². The lowest BCUT2D eigenvalue weighted by Gasteiger charge is -1.91. The SMILES string of the molecule is NCCOCC=O. The van der Waals surface area contributed by atoms with E-state index in [2.05, 4.69) is 4.74 Å². The summed E-state index contributed by atoms with van der Waals surface area (Å²) in [6.07, 6.45) is 0.704. The second-order valence-corrected chi connectivity index (χ2v) is 1.03. The fourth-order valence-corrected chi connectivity index (χ4v) is 0.215. The zero-order valence-electron chi connectivity index (χ0n) is 4.09. The molecule has 0 aliphatic heterocycles. The van der Waals surface area contributed by atoms with Gasteiger partial charge in [0.1, 0.15) is 12.9 Å². The van der Waals surface area contributed by atoms with Gasteiger partial charge in [0, 0.05) is 6.54 Å². The van der Waals surface area contributed by atoms with Gasteiger partial charge in [-0.3, -0.25) is 0 Å². The number of ether oxygens (including phenoxy) is 1. The third-order valence-corrected chi connectivity index (χ3v) is 0.448. The first-order chi connectivity index (χ1) is 3.41. The van der Waals surface area contributed by atoms with E-state index in [0.717, 1.165) is 0 Å². The summed E-state index contributed by atoms with van der Waals surface area (Å²) >= 11 is 0. The van der Waals surface area contributed by atoms with Gasteiger partial charge in [-0.2, -0.15) is 0 Å². The highest BCUT2D eigenvalue weighted by molar-refractivity contribution is 5.50. The van der Waals surface area contributed by atoms with Crippen molar-refractivity contribution in [3.05, 3.63) is 0 Å². The second-order valence-electron chi connectivity index (χ2n) is 1.03. The van der Waals surface area contributed by atoms with E-state index in [4.69, 9.17) is 5.73 Å². The third-order valence-electron chi connectivity index (χ3n) is 0.448. The minimum atomic E-state index is 0.164. The van der Waals surface area contributed by atoms with Crippen LogP contribution in [0.1, 0.15) is 0 Å². The highest BCUT2D eigenvalue weighted by Gasteiger charge is 1.77. The van der Waals surface area contributed by atoms with E-state index >= 15 is 0 Å². The van der Waals surface area contributed by atoms with Gasteiger partial charge in [0.2, 0.25) is 0 Å². The predicted molar refractivity (Wildman–Crippen MR) is 25.9 cm³/mol. The van der Waals surface area contributed by atoms with Crippen LogP contribution < -0.4 is 5.73 Å². The number of nitrogens with two attached hydrogens (primary N) is 1. The van der Waals surface area contributed by atoms with E-state index in [1.165, 1.54) is 0 Å². The quantitative estimate of drug-likeness (QED) is 0.373. The number of aldehydes is 1. The van der Waals surface area contributed by atoms with Crippen LogP contribution in [0.4, 0.5) is 0 Å². The molecule has 42 valence electrons. The van der Waals surface area contributed by atoms with E-state index in [1.807, 2.05) is 0 Å². The Morgan fingerprint density at radius 1 is 1.71 bits per heavy atom. The molecule has 0 saturated carbocycles. The average molecular weight is 103 g/mol. The molecule has 0 aromatic heterocycles. The molecule has 3 nitrogen and oxygen atoms in total. The van der Waals surface area contributed by atoms with Gasteiger partial charge < -0.3 is 15.3 Å². The average Bonchev–Trinajstić information content (AvgIpc) is 1.69. The Balaban J connectivity index is 2.56. The Kier molecular flexibility index (Phi) is 5.26. The lowest BCUT2D eigenvalue weighted by atomic mass is 10.7. The smallest absolute Gasteiger partial charge is 0.145 e. The maximum Gasteiger partial charge on any atom is 0.145 e. The summed E-state index contributed by atoms with van der Waals surface area (Å²) in [6.45, 7) is 1.11.